The molecule has 0 saturated heterocycles. The molecule has 0 aromatic heterocycles. The predicted molar refractivity (Wildman–Crippen MR) is 102 cm³/mol. The molecule has 0 bridgehead atoms. The van der Waals surface area contributed by atoms with E-state index in [-0.39, 0.29) is 25.3 Å². The Balaban J connectivity index is 2.26. The van der Waals surface area contributed by atoms with E-state index in [0.29, 0.717) is 37.7 Å². The fourth-order valence-electron chi connectivity index (χ4n) is 1.98. The van der Waals surface area contributed by atoms with Gasteiger partial charge in [-0.2, -0.15) is 0 Å². The minimum atomic E-state index is -0.613. The molecule has 0 radical (unpaired) electrons. The topological polar surface area (TPSA) is 135 Å². The molecule has 0 spiro atoms. The first kappa shape index (κ1) is 22.6. The number of ether oxygens (including phenoxy) is 2. The highest BCUT2D eigenvalue weighted by Crippen LogP contribution is 2.17. The van der Waals surface area contributed by atoms with E-state index in [2.05, 4.69) is 10.6 Å². The minimum Gasteiger partial charge on any atom is -0.491 e. The lowest BCUT2D eigenvalue weighted by Gasteiger charge is -2.17. The molecule has 0 heterocycles. The summed E-state index contributed by atoms with van der Waals surface area (Å²) in [4.78, 5) is 0. The van der Waals surface area contributed by atoms with Crippen LogP contribution < -0.4 is 31.6 Å². The average Bonchev–Trinajstić information content (AvgIpc) is 2.67. The first-order valence-corrected chi connectivity index (χ1v) is 9.03. The third-order valence-corrected chi connectivity index (χ3v) is 3.82. The van der Waals surface area contributed by atoms with E-state index in [1.807, 2.05) is 13.8 Å². The number of rotatable bonds is 14. The molecule has 0 amide bonds. The fourth-order valence-corrected chi connectivity index (χ4v) is 1.98. The minimum absolute atomic E-state index is 0.158. The van der Waals surface area contributed by atoms with Gasteiger partial charge >= 0.3 is 0 Å². The number of nitrogens with one attached hydrogen (secondary N) is 2. The van der Waals surface area contributed by atoms with Crippen molar-refractivity contribution in [3.63, 3.8) is 0 Å². The van der Waals surface area contributed by atoms with Crippen molar-refractivity contribution in [1.29, 1.82) is 0 Å². The lowest BCUT2D eigenvalue weighted by molar-refractivity contribution is 0.102. The third-order valence-electron chi connectivity index (χ3n) is 3.82. The van der Waals surface area contributed by atoms with Gasteiger partial charge in [0.25, 0.3) is 0 Å². The highest BCUT2D eigenvalue weighted by Gasteiger charge is 2.09. The van der Waals surface area contributed by atoms with Crippen molar-refractivity contribution in [2.45, 2.75) is 38.1 Å². The summed E-state index contributed by atoms with van der Waals surface area (Å²) >= 11 is 0. The standard InChI is InChI=1S/C18H34N4O4/c1-13(7-19)21-9-15(23)11-25-17-3-5-18(6-4-17)26-12-16(24)10-22-14(2)8-20/h3-6,13-16,21-24H,7-12,19-20H2,1-2H3. The number of aliphatic hydroxyl groups excluding tert-OH is 2. The molecule has 0 fully saturated rings. The Morgan fingerprint density at radius 3 is 1.46 bits per heavy atom. The van der Waals surface area contributed by atoms with E-state index in [1.54, 1.807) is 24.3 Å². The summed E-state index contributed by atoms with van der Waals surface area (Å²) in [6, 6.07) is 7.37. The van der Waals surface area contributed by atoms with E-state index in [0.717, 1.165) is 0 Å². The van der Waals surface area contributed by atoms with Crippen LogP contribution in [0, 0.1) is 0 Å². The average molecular weight is 370 g/mol. The Morgan fingerprint density at radius 2 is 1.15 bits per heavy atom. The maximum absolute atomic E-state index is 9.87. The second kappa shape index (κ2) is 12.9. The molecule has 150 valence electrons. The maximum Gasteiger partial charge on any atom is 0.119 e. The molecule has 4 atom stereocenters. The predicted octanol–water partition coefficient (Wildman–Crippen LogP) is -0.960. The van der Waals surface area contributed by atoms with E-state index in [9.17, 15) is 10.2 Å². The Morgan fingerprint density at radius 1 is 0.808 bits per heavy atom. The Kier molecular flexibility index (Phi) is 11.2. The molecule has 8 heteroatoms. The lowest BCUT2D eigenvalue weighted by atomic mass is 10.3. The zero-order valence-corrected chi connectivity index (χ0v) is 15.7. The van der Waals surface area contributed by atoms with Crippen LogP contribution in [0.5, 0.6) is 11.5 Å². The van der Waals surface area contributed by atoms with Crippen molar-refractivity contribution in [2.75, 3.05) is 39.4 Å². The van der Waals surface area contributed by atoms with E-state index >= 15 is 0 Å². The van der Waals surface area contributed by atoms with Gasteiger partial charge in [0.15, 0.2) is 0 Å². The molecule has 8 nitrogen and oxygen atoms in total. The van der Waals surface area contributed by atoms with Crippen molar-refractivity contribution < 1.29 is 19.7 Å². The molecular weight excluding hydrogens is 336 g/mol. The molecule has 0 aliphatic heterocycles. The SMILES string of the molecule is CC(CN)NCC(O)COc1ccc(OCC(O)CNC(C)CN)cc1. The second-order valence-corrected chi connectivity index (χ2v) is 6.49. The van der Waals surface area contributed by atoms with Crippen LogP contribution in [-0.4, -0.2) is 73.9 Å². The van der Waals surface area contributed by atoms with Crippen LogP contribution in [0.4, 0.5) is 0 Å². The molecular formula is C18H34N4O4. The van der Waals surface area contributed by atoms with Gasteiger partial charge < -0.3 is 41.8 Å². The largest absolute Gasteiger partial charge is 0.491 e. The summed E-state index contributed by atoms with van der Waals surface area (Å²) in [5.41, 5.74) is 11.0. The van der Waals surface area contributed by atoms with Gasteiger partial charge in [-0.25, -0.2) is 0 Å². The van der Waals surface area contributed by atoms with Crippen molar-refractivity contribution in [3.8, 4) is 11.5 Å². The molecule has 0 aliphatic carbocycles. The summed E-state index contributed by atoms with van der Waals surface area (Å²) in [5.74, 6) is 1.28. The van der Waals surface area contributed by atoms with Gasteiger partial charge in [-0.15, -0.1) is 0 Å². The van der Waals surface area contributed by atoms with Crippen molar-refractivity contribution in [1.82, 2.24) is 10.6 Å². The first-order valence-electron chi connectivity index (χ1n) is 9.03. The van der Waals surface area contributed by atoms with E-state index in [1.165, 1.54) is 0 Å². The van der Waals surface area contributed by atoms with Crippen molar-refractivity contribution in [3.05, 3.63) is 24.3 Å². The fraction of sp³-hybridized carbons (Fsp3) is 0.667. The number of benzene rings is 1. The van der Waals surface area contributed by atoms with Gasteiger partial charge in [0.2, 0.25) is 0 Å². The molecule has 0 aliphatic rings. The molecule has 1 aromatic carbocycles. The monoisotopic (exact) mass is 370 g/mol. The molecule has 1 aromatic rings. The third kappa shape index (κ3) is 9.91. The molecule has 26 heavy (non-hydrogen) atoms. The first-order chi connectivity index (χ1) is 12.4. The second-order valence-electron chi connectivity index (χ2n) is 6.49. The van der Waals surface area contributed by atoms with Crippen LogP contribution in [0.25, 0.3) is 0 Å². The molecule has 4 unspecified atom stereocenters. The highest BCUT2D eigenvalue weighted by molar-refractivity contribution is 5.31. The van der Waals surface area contributed by atoms with E-state index in [4.69, 9.17) is 20.9 Å². The summed E-state index contributed by atoms with van der Waals surface area (Å²) in [6.45, 7) is 6.18. The van der Waals surface area contributed by atoms with Crippen LogP contribution >= 0.6 is 0 Å². The van der Waals surface area contributed by atoms with E-state index < -0.39 is 12.2 Å². The smallest absolute Gasteiger partial charge is 0.119 e. The number of nitrogens with two attached hydrogens (primary N) is 2. The van der Waals surface area contributed by atoms with Crippen LogP contribution in [0.3, 0.4) is 0 Å². The van der Waals surface area contributed by atoms with Crippen LogP contribution in [-0.2, 0) is 0 Å². The lowest BCUT2D eigenvalue weighted by Crippen LogP contribution is -2.40. The van der Waals surface area contributed by atoms with Crippen LogP contribution in [0.2, 0.25) is 0 Å². The van der Waals surface area contributed by atoms with Gasteiger partial charge in [-0.1, -0.05) is 0 Å². The Bertz CT molecular complexity index is 432. The summed E-state index contributed by atoms with van der Waals surface area (Å²) in [5, 5.41) is 26.0. The maximum atomic E-state index is 9.87. The molecule has 8 N–H and O–H groups in total. The molecule has 0 saturated carbocycles. The number of hydrogen-bond donors (Lipinski definition) is 6. The van der Waals surface area contributed by atoms with Gasteiger partial charge in [0.1, 0.15) is 36.9 Å². The zero-order valence-electron chi connectivity index (χ0n) is 15.7. The van der Waals surface area contributed by atoms with Crippen molar-refractivity contribution in [2.24, 2.45) is 11.5 Å². The highest BCUT2D eigenvalue weighted by atomic mass is 16.5. The van der Waals surface area contributed by atoms with Crippen molar-refractivity contribution >= 4 is 0 Å². The number of hydrogen-bond acceptors (Lipinski definition) is 8. The summed E-state index contributed by atoms with van der Waals surface area (Å²) in [7, 11) is 0. The molecule has 1 rings (SSSR count). The van der Waals surface area contributed by atoms with Gasteiger partial charge in [0.05, 0.1) is 0 Å². The Labute approximate surface area is 155 Å². The quantitative estimate of drug-likeness (QED) is 0.246. The summed E-state index contributed by atoms with van der Waals surface area (Å²) in [6.07, 6.45) is -1.23. The normalized spacial score (nSPS) is 15.9. The van der Waals surface area contributed by atoms with Gasteiger partial charge in [-0.05, 0) is 38.1 Å². The van der Waals surface area contributed by atoms with Gasteiger partial charge in [-0.3, -0.25) is 0 Å². The summed E-state index contributed by atoms with van der Waals surface area (Å²) < 4.78 is 11.1. The van der Waals surface area contributed by atoms with Crippen LogP contribution in [0.15, 0.2) is 24.3 Å². The number of aliphatic hydroxyl groups is 2. The van der Waals surface area contributed by atoms with Crippen LogP contribution in [0.1, 0.15) is 13.8 Å². The zero-order chi connectivity index (χ0) is 19.4. The van der Waals surface area contributed by atoms with Gasteiger partial charge in [0, 0.05) is 38.3 Å². The Hall–Kier alpha value is -1.42.